The van der Waals surface area contributed by atoms with Crippen LogP contribution in [0.3, 0.4) is 0 Å². The van der Waals surface area contributed by atoms with Gasteiger partial charge in [-0.3, -0.25) is 0 Å². The molecule has 0 atom stereocenters. The molecule has 0 aromatic carbocycles. The first kappa shape index (κ1) is 12.7. The summed E-state index contributed by atoms with van der Waals surface area (Å²) in [5, 5.41) is 7.65. The molecule has 96 valence electrons. The lowest BCUT2D eigenvalue weighted by molar-refractivity contribution is 0.672. The van der Waals surface area contributed by atoms with Crippen LogP contribution >= 0.6 is 0 Å². The summed E-state index contributed by atoms with van der Waals surface area (Å²) in [6.07, 6.45) is 7.67. The van der Waals surface area contributed by atoms with E-state index >= 15 is 0 Å². The fourth-order valence-electron chi connectivity index (χ4n) is 1.77. The first-order valence-corrected chi connectivity index (χ1v) is 6.33. The van der Waals surface area contributed by atoms with Gasteiger partial charge in [-0.15, -0.1) is 0 Å². The summed E-state index contributed by atoms with van der Waals surface area (Å²) in [6, 6.07) is 1.93. The number of hydrogen-bond acceptors (Lipinski definition) is 4. The first-order valence-electron chi connectivity index (χ1n) is 6.33. The molecule has 1 N–H and O–H groups in total. The topological polar surface area (TPSA) is 55.6 Å². The highest BCUT2D eigenvalue weighted by molar-refractivity contribution is 5.23. The predicted octanol–water partition coefficient (Wildman–Crippen LogP) is 1.51. The van der Waals surface area contributed by atoms with Crippen molar-refractivity contribution in [3.05, 3.63) is 36.0 Å². The van der Waals surface area contributed by atoms with E-state index in [1.54, 1.807) is 11.0 Å². The van der Waals surface area contributed by atoms with E-state index in [1.807, 2.05) is 25.4 Å². The van der Waals surface area contributed by atoms with Gasteiger partial charge in [0.2, 0.25) is 0 Å². The van der Waals surface area contributed by atoms with E-state index in [4.69, 9.17) is 0 Å². The molecule has 0 amide bonds. The second-order valence-electron chi connectivity index (χ2n) is 4.27. The van der Waals surface area contributed by atoms with E-state index in [1.165, 1.54) is 5.56 Å². The molecule has 0 fully saturated rings. The maximum Gasteiger partial charge on any atom is 0.156 e. The van der Waals surface area contributed by atoms with Crippen LogP contribution < -0.4 is 5.32 Å². The zero-order chi connectivity index (χ0) is 12.8. The molecule has 0 unspecified atom stereocenters. The molecule has 0 saturated heterocycles. The number of aryl methyl sites for hydroxylation is 2. The lowest BCUT2D eigenvalue weighted by atomic mass is 10.2. The van der Waals surface area contributed by atoms with Gasteiger partial charge in [-0.25, -0.2) is 14.6 Å². The SMILES string of the molecule is CCNCCCc1cnn(-c2cc(C)ncn2)c1. The van der Waals surface area contributed by atoms with E-state index in [0.29, 0.717) is 0 Å². The Morgan fingerprint density at radius 1 is 1.33 bits per heavy atom. The average Bonchev–Trinajstić information content (AvgIpc) is 2.83. The van der Waals surface area contributed by atoms with Crippen molar-refractivity contribution in [3.8, 4) is 5.82 Å². The molecule has 0 spiro atoms. The molecule has 0 bridgehead atoms. The van der Waals surface area contributed by atoms with Gasteiger partial charge in [0.25, 0.3) is 0 Å². The monoisotopic (exact) mass is 245 g/mol. The van der Waals surface area contributed by atoms with E-state index in [9.17, 15) is 0 Å². The number of aromatic nitrogens is 4. The van der Waals surface area contributed by atoms with Crippen molar-refractivity contribution in [3.63, 3.8) is 0 Å². The van der Waals surface area contributed by atoms with Crippen molar-refractivity contribution in [1.82, 2.24) is 25.1 Å². The molecular formula is C13H19N5. The fourth-order valence-corrected chi connectivity index (χ4v) is 1.77. The molecule has 18 heavy (non-hydrogen) atoms. The summed E-state index contributed by atoms with van der Waals surface area (Å²) in [5.41, 5.74) is 2.19. The van der Waals surface area contributed by atoms with Gasteiger partial charge in [0.15, 0.2) is 5.82 Å². The van der Waals surface area contributed by atoms with Crippen LogP contribution in [0, 0.1) is 6.92 Å². The molecule has 2 heterocycles. The van der Waals surface area contributed by atoms with Gasteiger partial charge in [0, 0.05) is 18.0 Å². The summed E-state index contributed by atoms with van der Waals surface area (Å²) in [7, 11) is 0. The molecule has 0 radical (unpaired) electrons. The number of rotatable bonds is 6. The number of nitrogens with one attached hydrogen (secondary N) is 1. The molecule has 0 aliphatic rings. The van der Waals surface area contributed by atoms with Crippen LogP contribution in [-0.2, 0) is 6.42 Å². The standard InChI is InChI=1S/C13H19N5/c1-3-14-6-4-5-12-8-17-18(9-12)13-7-11(2)15-10-16-13/h7-10,14H,3-6H2,1-2H3. The van der Waals surface area contributed by atoms with E-state index in [0.717, 1.165) is 37.4 Å². The third-order valence-corrected chi connectivity index (χ3v) is 2.73. The van der Waals surface area contributed by atoms with Crippen LogP contribution in [0.4, 0.5) is 0 Å². The van der Waals surface area contributed by atoms with Crippen LogP contribution in [-0.4, -0.2) is 32.8 Å². The Hall–Kier alpha value is -1.75. The van der Waals surface area contributed by atoms with Crippen molar-refractivity contribution in [1.29, 1.82) is 0 Å². The Balaban J connectivity index is 1.97. The van der Waals surface area contributed by atoms with Gasteiger partial charge < -0.3 is 5.32 Å². The molecule has 5 heteroatoms. The largest absolute Gasteiger partial charge is 0.317 e. The van der Waals surface area contributed by atoms with Crippen LogP contribution in [0.1, 0.15) is 24.6 Å². The Morgan fingerprint density at radius 2 is 2.22 bits per heavy atom. The highest BCUT2D eigenvalue weighted by Gasteiger charge is 2.02. The second-order valence-corrected chi connectivity index (χ2v) is 4.27. The molecule has 0 aliphatic heterocycles. The molecule has 2 aromatic heterocycles. The van der Waals surface area contributed by atoms with Gasteiger partial charge in [-0.05, 0) is 38.4 Å². The fraction of sp³-hybridized carbons (Fsp3) is 0.462. The van der Waals surface area contributed by atoms with Crippen molar-refractivity contribution in [2.45, 2.75) is 26.7 Å². The molecule has 5 nitrogen and oxygen atoms in total. The Labute approximate surface area is 107 Å². The Kier molecular flexibility index (Phi) is 4.41. The van der Waals surface area contributed by atoms with Crippen LogP contribution in [0.5, 0.6) is 0 Å². The highest BCUT2D eigenvalue weighted by Crippen LogP contribution is 2.07. The van der Waals surface area contributed by atoms with Gasteiger partial charge in [-0.1, -0.05) is 6.92 Å². The number of nitrogens with zero attached hydrogens (tertiary/aromatic N) is 4. The molecular weight excluding hydrogens is 226 g/mol. The van der Waals surface area contributed by atoms with Gasteiger partial charge in [-0.2, -0.15) is 5.10 Å². The maximum atomic E-state index is 4.33. The minimum absolute atomic E-state index is 0.820. The maximum absolute atomic E-state index is 4.33. The van der Waals surface area contributed by atoms with Gasteiger partial charge in [0.1, 0.15) is 6.33 Å². The van der Waals surface area contributed by atoms with Crippen molar-refractivity contribution < 1.29 is 0 Å². The Morgan fingerprint density at radius 3 is 3.00 bits per heavy atom. The third kappa shape index (κ3) is 3.37. The van der Waals surface area contributed by atoms with Crippen molar-refractivity contribution in [2.24, 2.45) is 0 Å². The second kappa shape index (κ2) is 6.26. The summed E-state index contributed by atoms with van der Waals surface area (Å²) in [4.78, 5) is 8.29. The zero-order valence-corrected chi connectivity index (χ0v) is 10.9. The van der Waals surface area contributed by atoms with Crippen LogP contribution in [0.2, 0.25) is 0 Å². The predicted molar refractivity (Wildman–Crippen MR) is 70.8 cm³/mol. The van der Waals surface area contributed by atoms with E-state index in [2.05, 4.69) is 27.3 Å². The zero-order valence-electron chi connectivity index (χ0n) is 10.9. The molecule has 0 aliphatic carbocycles. The van der Waals surface area contributed by atoms with Crippen molar-refractivity contribution in [2.75, 3.05) is 13.1 Å². The lowest BCUT2D eigenvalue weighted by Gasteiger charge is -2.00. The van der Waals surface area contributed by atoms with E-state index < -0.39 is 0 Å². The number of hydrogen-bond donors (Lipinski definition) is 1. The summed E-state index contributed by atoms with van der Waals surface area (Å²) in [5.74, 6) is 0.820. The minimum atomic E-state index is 0.820. The quantitative estimate of drug-likeness (QED) is 0.784. The average molecular weight is 245 g/mol. The van der Waals surface area contributed by atoms with Gasteiger partial charge >= 0.3 is 0 Å². The highest BCUT2D eigenvalue weighted by atomic mass is 15.3. The smallest absolute Gasteiger partial charge is 0.156 e. The third-order valence-electron chi connectivity index (χ3n) is 2.73. The lowest BCUT2D eigenvalue weighted by Crippen LogP contribution is -2.14. The molecule has 0 saturated carbocycles. The summed E-state index contributed by atoms with van der Waals surface area (Å²) < 4.78 is 1.80. The molecule has 2 aromatic rings. The minimum Gasteiger partial charge on any atom is -0.317 e. The van der Waals surface area contributed by atoms with Crippen LogP contribution in [0.15, 0.2) is 24.8 Å². The normalized spacial score (nSPS) is 10.8. The van der Waals surface area contributed by atoms with Crippen LogP contribution in [0.25, 0.3) is 5.82 Å². The molecule has 2 rings (SSSR count). The van der Waals surface area contributed by atoms with Gasteiger partial charge in [0.05, 0.1) is 6.20 Å². The Bertz CT molecular complexity index is 492. The summed E-state index contributed by atoms with van der Waals surface area (Å²) in [6.45, 7) is 6.15. The van der Waals surface area contributed by atoms with E-state index in [-0.39, 0.29) is 0 Å². The first-order chi connectivity index (χ1) is 8.79. The van der Waals surface area contributed by atoms with Crippen molar-refractivity contribution >= 4 is 0 Å². The summed E-state index contributed by atoms with van der Waals surface area (Å²) >= 11 is 0.